The maximum absolute atomic E-state index is 13.4. The minimum Gasteiger partial charge on any atom is -0.379 e. The highest BCUT2D eigenvalue weighted by Gasteiger charge is 2.40. The summed E-state index contributed by atoms with van der Waals surface area (Å²) in [7, 11) is 0. The fourth-order valence-corrected chi connectivity index (χ4v) is 3.85. The molecule has 0 spiro atoms. The number of carbonyl (C=O) groups excluding carboxylic acids is 2. The highest BCUT2D eigenvalue weighted by molar-refractivity contribution is 6.36. The number of likely N-dealkylation sites (N-methyl/N-ethyl adjacent to an activating group) is 1. The van der Waals surface area contributed by atoms with Crippen LogP contribution in [0.2, 0.25) is 5.02 Å². The number of ether oxygens (including phenoxy) is 1. The number of rotatable bonds is 11. The van der Waals surface area contributed by atoms with Crippen LogP contribution in [0.1, 0.15) is 38.3 Å². The SMILES string of the molecule is CCN(CCc1ccncc1)C1=C(c2ccc(Cl)cc2)C(=O)N(CCCOC(C)C)C1=O. The van der Waals surface area contributed by atoms with Gasteiger partial charge in [-0.2, -0.15) is 0 Å². The summed E-state index contributed by atoms with van der Waals surface area (Å²) >= 11 is 6.06. The van der Waals surface area contributed by atoms with E-state index in [1.807, 2.05) is 37.8 Å². The Hall–Kier alpha value is -2.70. The number of hydrogen-bond donors (Lipinski definition) is 0. The second-order valence-corrected chi connectivity index (χ2v) is 8.39. The van der Waals surface area contributed by atoms with E-state index in [1.165, 1.54) is 4.90 Å². The minimum absolute atomic E-state index is 0.113. The molecule has 0 saturated heterocycles. The molecule has 2 amide bonds. The van der Waals surface area contributed by atoms with Crippen LogP contribution in [0.25, 0.3) is 5.57 Å². The molecule has 0 radical (unpaired) electrons. The quantitative estimate of drug-likeness (QED) is 0.375. The summed E-state index contributed by atoms with van der Waals surface area (Å²) in [6, 6.07) is 11.0. The molecule has 0 fully saturated rings. The van der Waals surface area contributed by atoms with Gasteiger partial charge < -0.3 is 9.64 Å². The number of imide groups is 1. The van der Waals surface area contributed by atoms with Crippen LogP contribution in [-0.2, 0) is 20.7 Å². The Balaban J connectivity index is 1.87. The molecule has 7 heteroatoms. The van der Waals surface area contributed by atoms with E-state index >= 15 is 0 Å². The van der Waals surface area contributed by atoms with E-state index < -0.39 is 0 Å². The summed E-state index contributed by atoms with van der Waals surface area (Å²) in [6.07, 6.45) is 4.98. The molecule has 170 valence electrons. The highest BCUT2D eigenvalue weighted by atomic mass is 35.5. The smallest absolute Gasteiger partial charge is 0.277 e. The van der Waals surface area contributed by atoms with Crippen LogP contribution in [0.15, 0.2) is 54.5 Å². The first kappa shape index (κ1) is 24.0. The topological polar surface area (TPSA) is 62.7 Å². The van der Waals surface area contributed by atoms with E-state index in [4.69, 9.17) is 16.3 Å². The van der Waals surface area contributed by atoms with E-state index in [2.05, 4.69) is 4.98 Å². The van der Waals surface area contributed by atoms with Gasteiger partial charge in [0.2, 0.25) is 0 Å². The van der Waals surface area contributed by atoms with Gasteiger partial charge in [0.15, 0.2) is 0 Å². The molecule has 2 aromatic rings. The molecule has 3 rings (SSSR count). The Morgan fingerprint density at radius 3 is 2.38 bits per heavy atom. The van der Waals surface area contributed by atoms with Gasteiger partial charge in [0, 0.05) is 43.7 Å². The van der Waals surface area contributed by atoms with Crippen LogP contribution in [-0.4, -0.2) is 58.9 Å². The number of aromatic nitrogens is 1. The summed E-state index contributed by atoms with van der Waals surface area (Å²) in [5.41, 5.74) is 2.73. The molecule has 32 heavy (non-hydrogen) atoms. The molecule has 1 aromatic carbocycles. The molecule has 0 aliphatic carbocycles. The van der Waals surface area contributed by atoms with Gasteiger partial charge in [-0.25, -0.2) is 0 Å². The average molecular weight is 456 g/mol. The third-order valence-electron chi connectivity index (χ3n) is 5.37. The van der Waals surface area contributed by atoms with Crippen molar-refractivity contribution in [2.45, 2.75) is 39.7 Å². The Labute approximate surface area is 194 Å². The number of carbonyl (C=O) groups is 2. The molecular weight excluding hydrogens is 426 g/mol. The standard InChI is InChI=1S/C25H30ClN3O3/c1-4-28(16-12-19-10-13-27-14-11-19)23-22(20-6-8-21(26)9-7-20)24(30)29(25(23)31)15-5-17-32-18(2)3/h6-11,13-14,18H,4-5,12,15-17H2,1-3H3. The fourth-order valence-electron chi connectivity index (χ4n) is 3.72. The van der Waals surface area contributed by atoms with Gasteiger partial charge in [-0.1, -0.05) is 23.7 Å². The lowest BCUT2D eigenvalue weighted by Gasteiger charge is -2.25. The van der Waals surface area contributed by atoms with Crippen LogP contribution in [0.5, 0.6) is 0 Å². The van der Waals surface area contributed by atoms with Crippen LogP contribution in [0, 0.1) is 0 Å². The molecular formula is C25H30ClN3O3. The first-order chi connectivity index (χ1) is 15.4. The second-order valence-electron chi connectivity index (χ2n) is 7.95. The minimum atomic E-state index is -0.265. The molecule has 1 aromatic heterocycles. The van der Waals surface area contributed by atoms with E-state index in [1.54, 1.807) is 36.7 Å². The van der Waals surface area contributed by atoms with Crippen molar-refractivity contribution in [1.82, 2.24) is 14.8 Å². The predicted molar refractivity (Wildman–Crippen MR) is 126 cm³/mol. The van der Waals surface area contributed by atoms with Crippen LogP contribution in [0.4, 0.5) is 0 Å². The van der Waals surface area contributed by atoms with Crippen molar-refractivity contribution in [3.05, 3.63) is 70.6 Å². The Bertz CT molecular complexity index is 958. The normalized spacial score (nSPS) is 14.1. The molecule has 0 bridgehead atoms. The lowest BCUT2D eigenvalue weighted by Crippen LogP contribution is -2.37. The number of benzene rings is 1. The van der Waals surface area contributed by atoms with Crippen LogP contribution in [0.3, 0.4) is 0 Å². The molecule has 2 heterocycles. The largest absolute Gasteiger partial charge is 0.379 e. The zero-order valence-electron chi connectivity index (χ0n) is 18.9. The summed E-state index contributed by atoms with van der Waals surface area (Å²) in [6.45, 7) is 7.98. The Morgan fingerprint density at radius 1 is 1.06 bits per heavy atom. The van der Waals surface area contributed by atoms with Gasteiger partial charge in [0.1, 0.15) is 5.70 Å². The van der Waals surface area contributed by atoms with Crippen molar-refractivity contribution in [2.75, 3.05) is 26.2 Å². The zero-order valence-corrected chi connectivity index (χ0v) is 19.6. The number of pyridine rings is 1. The maximum atomic E-state index is 13.4. The molecule has 0 unspecified atom stereocenters. The summed E-state index contributed by atoms with van der Waals surface area (Å²) in [4.78, 5) is 34.2. The van der Waals surface area contributed by atoms with E-state index in [0.29, 0.717) is 54.5 Å². The van der Waals surface area contributed by atoms with Crippen molar-refractivity contribution in [3.8, 4) is 0 Å². The first-order valence-electron chi connectivity index (χ1n) is 11.0. The lowest BCUT2D eigenvalue weighted by molar-refractivity contribution is -0.137. The third kappa shape index (κ3) is 5.75. The molecule has 1 aliphatic rings. The monoisotopic (exact) mass is 455 g/mol. The van der Waals surface area contributed by atoms with Gasteiger partial charge in [-0.05, 0) is 69.0 Å². The van der Waals surface area contributed by atoms with Crippen molar-refractivity contribution in [2.24, 2.45) is 0 Å². The number of amides is 2. The number of hydrogen-bond acceptors (Lipinski definition) is 5. The van der Waals surface area contributed by atoms with Gasteiger partial charge in [-0.15, -0.1) is 0 Å². The van der Waals surface area contributed by atoms with E-state index in [-0.39, 0.29) is 17.9 Å². The maximum Gasteiger partial charge on any atom is 0.277 e. The lowest BCUT2D eigenvalue weighted by atomic mass is 10.0. The summed E-state index contributed by atoms with van der Waals surface area (Å²) in [5, 5.41) is 0.584. The van der Waals surface area contributed by atoms with Gasteiger partial charge >= 0.3 is 0 Å². The number of halogens is 1. The van der Waals surface area contributed by atoms with Crippen molar-refractivity contribution >= 4 is 29.0 Å². The highest BCUT2D eigenvalue weighted by Crippen LogP contribution is 2.32. The van der Waals surface area contributed by atoms with Crippen molar-refractivity contribution in [3.63, 3.8) is 0 Å². The predicted octanol–water partition coefficient (Wildman–Crippen LogP) is 4.19. The van der Waals surface area contributed by atoms with Crippen LogP contribution >= 0.6 is 11.6 Å². The molecule has 0 N–H and O–H groups in total. The number of nitrogens with zero attached hydrogens (tertiary/aromatic N) is 3. The van der Waals surface area contributed by atoms with Crippen LogP contribution < -0.4 is 0 Å². The van der Waals surface area contributed by atoms with Gasteiger partial charge in [0.05, 0.1) is 11.7 Å². The third-order valence-corrected chi connectivity index (χ3v) is 5.62. The summed E-state index contributed by atoms with van der Waals surface area (Å²) in [5.74, 6) is -0.514. The second kappa shape index (κ2) is 11.2. The zero-order chi connectivity index (χ0) is 23.1. The molecule has 6 nitrogen and oxygen atoms in total. The van der Waals surface area contributed by atoms with Gasteiger partial charge in [-0.3, -0.25) is 19.5 Å². The van der Waals surface area contributed by atoms with E-state index in [9.17, 15) is 9.59 Å². The molecule has 0 atom stereocenters. The Morgan fingerprint density at radius 2 is 1.75 bits per heavy atom. The molecule has 1 aliphatic heterocycles. The average Bonchev–Trinajstić information content (AvgIpc) is 3.03. The van der Waals surface area contributed by atoms with E-state index in [0.717, 1.165) is 12.0 Å². The Kier molecular flexibility index (Phi) is 8.42. The molecule has 0 saturated carbocycles. The van der Waals surface area contributed by atoms with Gasteiger partial charge in [0.25, 0.3) is 11.8 Å². The first-order valence-corrected chi connectivity index (χ1v) is 11.4. The fraction of sp³-hybridized carbons (Fsp3) is 0.400. The summed E-state index contributed by atoms with van der Waals surface area (Å²) < 4.78 is 5.59. The van der Waals surface area contributed by atoms with Crippen molar-refractivity contribution < 1.29 is 14.3 Å². The van der Waals surface area contributed by atoms with Crippen molar-refractivity contribution in [1.29, 1.82) is 0 Å².